The highest BCUT2D eigenvalue weighted by atomic mass is 35.5. The van der Waals surface area contributed by atoms with E-state index in [2.05, 4.69) is 6.92 Å². The van der Waals surface area contributed by atoms with Crippen LogP contribution in [0.1, 0.15) is 31.7 Å². The quantitative estimate of drug-likeness (QED) is 0.664. The van der Waals surface area contributed by atoms with E-state index in [4.69, 9.17) is 11.6 Å². The average Bonchev–Trinajstić information content (AvgIpc) is 2.19. The van der Waals surface area contributed by atoms with Crippen LogP contribution in [0.5, 0.6) is 0 Å². The zero-order valence-electron chi connectivity index (χ0n) is 8.77. The topological polar surface area (TPSA) is 0 Å². The van der Waals surface area contributed by atoms with Crippen LogP contribution in [0.25, 0.3) is 0 Å². The van der Waals surface area contributed by atoms with Crippen molar-refractivity contribution >= 4 is 11.6 Å². The Bertz CT molecular complexity index is 312. The second-order valence-corrected chi connectivity index (χ2v) is 4.30. The Morgan fingerprint density at radius 3 is 2.67 bits per heavy atom. The van der Waals surface area contributed by atoms with Crippen LogP contribution in [0, 0.1) is 11.6 Å². The molecule has 0 fully saturated rings. The third-order valence-electron chi connectivity index (χ3n) is 2.33. The molecule has 0 spiro atoms. The lowest BCUT2D eigenvalue weighted by molar-refractivity contribution is 0.565. The minimum Gasteiger partial charge on any atom is -0.207 e. The van der Waals surface area contributed by atoms with E-state index in [-0.39, 0.29) is 5.38 Å². The first kappa shape index (κ1) is 12.4. The van der Waals surface area contributed by atoms with Crippen LogP contribution in [-0.4, -0.2) is 5.38 Å². The summed E-state index contributed by atoms with van der Waals surface area (Å²) in [5, 5.41) is -0.0649. The minimum absolute atomic E-state index is 0.0649. The second-order valence-electron chi connectivity index (χ2n) is 3.68. The molecule has 0 saturated heterocycles. The molecule has 1 atom stereocenters. The summed E-state index contributed by atoms with van der Waals surface area (Å²) in [4.78, 5) is 0. The van der Waals surface area contributed by atoms with E-state index in [0.717, 1.165) is 25.3 Å². The standard InChI is InChI=1S/C12H15ClF2/c1-2-3-4-10(13)7-9-5-6-11(14)8-12(9)15/h5-6,8,10H,2-4,7H2,1H3. The van der Waals surface area contributed by atoms with Gasteiger partial charge in [-0.15, -0.1) is 11.6 Å². The van der Waals surface area contributed by atoms with Crippen molar-refractivity contribution in [3.05, 3.63) is 35.4 Å². The fourth-order valence-electron chi connectivity index (χ4n) is 1.45. The van der Waals surface area contributed by atoms with Gasteiger partial charge >= 0.3 is 0 Å². The van der Waals surface area contributed by atoms with Crippen molar-refractivity contribution < 1.29 is 8.78 Å². The second kappa shape index (κ2) is 6.06. The highest BCUT2D eigenvalue weighted by molar-refractivity contribution is 6.20. The Labute approximate surface area is 94.3 Å². The largest absolute Gasteiger partial charge is 0.207 e. The van der Waals surface area contributed by atoms with Crippen molar-refractivity contribution in [1.29, 1.82) is 0 Å². The van der Waals surface area contributed by atoms with Gasteiger partial charge in [0.25, 0.3) is 0 Å². The molecule has 1 rings (SSSR count). The first-order chi connectivity index (χ1) is 7.13. The van der Waals surface area contributed by atoms with Crippen LogP contribution in [0.3, 0.4) is 0 Å². The maximum absolute atomic E-state index is 13.2. The van der Waals surface area contributed by atoms with Crippen molar-refractivity contribution in [2.45, 2.75) is 38.0 Å². The van der Waals surface area contributed by atoms with Gasteiger partial charge < -0.3 is 0 Å². The van der Waals surface area contributed by atoms with E-state index in [1.165, 1.54) is 12.1 Å². The van der Waals surface area contributed by atoms with Crippen molar-refractivity contribution in [1.82, 2.24) is 0 Å². The van der Waals surface area contributed by atoms with Crippen molar-refractivity contribution in [3.8, 4) is 0 Å². The van der Waals surface area contributed by atoms with Crippen LogP contribution in [-0.2, 0) is 6.42 Å². The third kappa shape index (κ3) is 4.17. The molecule has 0 amide bonds. The SMILES string of the molecule is CCCCC(Cl)Cc1ccc(F)cc1F. The van der Waals surface area contributed by atoms with E-state index >= 15 is 0 Å². The van der Waals surface area contributed by atoms with Gasteiger partial charge in [0.05, 0.1) is 0 Å². The lowest BCUT2D eigenvalue weighted by atomic mass is 10.1. The van der Waals surface area contributed by atoms with Gasteiger partial charge in [0, 0.05) is 11.4 Å². The lowest BCUT2D eigenvalue weighted by Crippen LogP contribution is -2.05. The molecule has 0 aromatic heterocycles. The zero-order valence-corrected chi connectivity index (χ0v) is 9.53. The predicted molar refractivity (Wildman–Crippen MR) is 59.2 cm³/mol. The molecule has 0 heterocycles. The maximum atomic E-state index is 13.2. The van der Waals surface area contributed by atoms with E-state index in [1.54, 1.807) is 0 Å². The Morgan fingerprint density at radius 1 is 1.33 bits per heavy atom. The zero-order chi connectivity index (χ0) is 11.3. The van der Waals surface area contributed by atoms with Crippen LogP contribution in [0.4, 0.5) is 8.78 Å². The summed E-state index contributed by atoms with van der Waals surface area (Å²) in [6, 6.07) is 3.63. The molecule has 0 aliphatic rings. The fourth-order valence-corrected chi connectivity index (χ4v) is 1.77. The van der Waals surface area contributed by atoms with Gasteiger partial charge in [0.1, 0.15) is 11.6 Å². The third-order valence-corrected chi connectivity index (χ3v) is 2.70. The number of halogens is 3. The summed E-state index contributed by atoms with van der Waals surface area (Å²) >= 11 is 6.05. The number of benzene rings is 1. The molecule has 3 heteroatoms. The molecule has 0 aliphatic heterocycles. The monoisotopic (exact) mass is 232 g/mol. The predicted octanol–water partition coefficient (Wildman–Crippen LogP) is 4.30. The van der Waals surface area contributed by atoms with Crippen LogP contribution in [0.15, 0.2) is 18.2 Å². The van der Waals surface area contributed by atoms with Crippen LogP contribution >= 0.6 is 11.6 Å². The number of alkyl halides is 1. The van der Waals surface area contributed by atoms with E-state index in [0.29, 0.717) is 12.0 Å². The Hall–Kier alpha value is -0.630. The normalized spacial score (nSPS) is 12.8. The molecule has 0 radical (unpaired) electrons. The molecule has 84 valence electrons. The van der Waals surface area contributed by atoms with E-state index in [9.17, 15) is 8.78 Å². The van der Waals surface area contributed by atoms with Gasteiger partial charge in [-0.2, -0.15) is 0 Å². The van der Waals surface area contributed by atoms with Gasteiger partial charge in [0.2, 0.25) is 0 Å². The Kier molecular flexibility index (Phi) is 5.03. The van der Waals surface area contributed by atoms with Crippen LogP contribution < -0.4 is 0 Å². The van der Waals surface area contributed by atoms with Crippen molar-refractivity contribution in [2.24, 2.45) is 0 Å². The summed E-state index contributed by atoms with van der Waals surface area (Å²) < 4.78 is 25.8. The molecule has 0 N–H and O–H groups in total. The summed E-state index contributed by atoms with van der Waals surface area (Å²) in [7, 11) is 0. The fraction of sp³-hybridized carbons (Fsp3) is 0.500. The Balaban J connectivity index is 2.56. The molecular weight excluding hydrogens is 218 g/mol. The van der Waals surface area contributed by atoms with Gasteiger partial charge in [-0.1, -0.05) is 25.8 Å². The molecule has 1 aromatic rings. The van der Waals surface area contributed by atoms with Crippen molar-refractivity contribution in [3.63, 3.8) is 0 Å². The summed E-state index contributed by atoms with van der Waals surface area (Å²) in [6.07, 6.45) is 3.45. The highest BCUT2D eigenvalue weighted by Crippen LogP contribution is 2.17. The summed E-state index contributed by atoms with van der Waals surface area (Å²) in [5.41, 5.74) is 0.493. The molecule has 15 heavy (non-hydrogen) atoms. The van der Waals surface area contributed by atoms with E-state index in [1.807, 2.05) is 0 Å². The molecular formula is C12H15ClF2. The van der Waals surface area contributed by atoms with E-state index < -0.39 is 11.6 Å². The highest BCUT2D eigenvalue weighted by Gasteiger charge is 2.09. The molecule has 1 unspecified atom stereocenters. The number of hydrogen-bond acceptors (Lipinski definition) is 0. The van der Waals surface area contributed by atoms with Gasteiger partial charge in [-0.25, -0.2) is 8.78 Å². The lowest BCUT2D eigenvalue weighted by Gasteiger charge is -2.09. The molecule has 0 aliphatic carbocycles. The van der Waals surface area contributed by atoms with Crippen LogP contribution in [0.2, 0.25) is 0 Å². The van der Waals surface area contributed by atoms with Gasteiger partial charge in [-0.3, -0.25) is 0 Å². The van der Waals surface area contributed by atoms with Crippen molar-refractivity contribution in [2.75, 3.05) is 0 Å². The summed E-state index contributed by atoms with van der Waals surface area (Å²) in [6.45, 7) is 2.09. The summed E-state index contributed by atoms with van der Waals surface area (Å²) in [5.74, 6) is -1.05. The Morgan fingerprint density at radius 2 is 2.07 bits per heavy atom. The average molecular weight is 233 g/mol. The van der Waals surface area contributed by atoms with Gasteiger partial charge in [-0.05, 0) is 24.5 Å². The first-order valence-corrected chi connectivity index (χ1v) is 5.65. The minimum atomic E-state index is -0.545. The molecule has 0 bridgehead atoms. The maximum Gasteiger partial charge on any atom is 0.129 e. The number of unbranched alkanes of at least 4 members (excludes halogenated alkanes) is 1. The van der Waals surface area contributed by atoms with Gasteiger partial charge in [0.15, 0.2) is 0 Å². The molecule has 1 aromatic carbocycles. The molecule has 0 saturated carbocycles. The first-order valence-electron chi connectivity index (χ1n) is 5.21. The number of rotatable bonds is 5. The molecule has 0 nitrogen and oxygen atoms in total. The number of hydrogen-bond donors (Lipinski definition) is 0. The smallest absolute Gasteiger partial charge is 0.129 e.